The summed E-state index contributed by atoms with van der Waals surface area (Å²) >= 11 is 0. The summed E-state index contributed by atoms with van der Waals surface area (Å²) in [6.07, 6.45) is -8.89. The highest BCUT2D eigenvalue weighted by atomic mass is 32.2. The van der Waals surface area contributed by atoms with Crippen LogP contribution in [-0.4, -0.2) is 144 Å². The predicted molar refractivity (Wildman–Crippen MR) is 329 cm³/mol. The van der Waals surface area contributed by atoms with Crippen LogP contribution in [0.15, 0.2) is 137 Å². The molecule has 2 aliphatic carbocycles. The second-order valence-corrected chi connectivity index (χ2v) is 24.0. The van der Waals surface area contributed by atoms with Gasteiger partial charge in [-0.25, -0.2) is 22.7 Å². The Kier molecular flexibility index (Phi) is 21.0. The van der Waals surface area contributed by atoms with E-state index < -0.39 is 148 Å². The van der Waals surface area contributed by atoms with Crippen molar-refractivity contribution in [2.75, 3.05) is 25.6 Å². The number of amides is 4. The number of sulfonamides is 1. The molecule has 0 bridgehead atoms. The molecular weight excluding hydrogens is 1210 g/mol. The minimum Gasteiger partial charge on any atom is -0.507 e. The smallest absolute Gasteiger partial charge is 0.408 e. The molecule has 1 aliphatic heterocycles. The molecule has 1 heterocycles. The molecule has 4 amide bonds. The first kappa shape index (κ1) is 66.6. The van der Waals surface area contributed by atoms with E-state index in [1.165, 1.54) is 68.6 Å². The Balaban J connectivity index is 0.855. The number of ether oxygens (including phenoxy) is 5. The lowest BCUT2D eigenvalue weighted by Gasteiger charge is -2.42. The SMILES string of the molecule is COc1cccc2c1C(=O)c1c(O)c3c(c(O)c1C2=O)C[C@@](O)(C(=O)CO)C[C@@H]3OC1CC(NC(=O)OCc2ccc(NC(=O)[C@H](CCCN=C(N)NS(=O)(=O)c3ccc(C)cc3)NC(=O)[C@H](Cc3ccccc3)NC(=O)OCc3ccccc3)cc2)C(O)C(C)O1. The Bertz CT molecular complexity index is 3890. The summed E-state index contributed by atoms with van der Waals surface area (Å²) in [4.78, 5) is 100. The molecule has 0 saturated carbocycles. The van der Waals surface area contributed by atoms with E-state index in [0.29, 0.717) is 16.7 Å². The van der Waals surface area contributed by atoms with Gasteiger partial charge >= 0.3 is 12.2 Å². The van der Waals surface area contributed by atoms with Crippen LogP contribution in [0.3, 0.4) is 0 Å². The number of ketones is 3. The number of nitrogens with one attached hydrogen (secondary N) is 5. The lowest BCUT2D eigenvalue weighted by Crippen LogP contribution is -2.56. The third-order valence-corrected chi connectivity index (χ3v) is 17.3. The van der Waals surface area contributed by atoms with Crippen LogP contribution in [0, 0.1) is 6.92 Å². The van der Waals surface area contributed by atoms with Crippen molar-refractivity contribution < 1.29 is 91.2 Å². The molecule has 484 valence electrons. The third-order valence-electron chi connectivity index (χ3n) is 15.9. The molecule has 0 aromatic heterocycles. The fourth-order valence-corrected chi connectivity index (χ4v) is 12.0. The van der Waals surface area contributed by atoms with Gasteiger partial charge in [0.15, 0.2) is 17.9 Å². The van der Waals surface area contributed by atoms with Crippen LogP contribution < -0.4 is 36.5 Å². The zero-order valence-electron chi connectivity index (χ0n) is 50.1. The maximum atomic E-state index is 14.2. The lowest BCUT2D eigenvalue weighted by atomic mass is 9.72. The molecule has 0 spiro atoms. The molecule has 0 radical (unpaired) electrons. The Labute approximate surface area is 528 Å². The minimum atomic E-state index is -4.07. The standard InChI is InChI=1S/C65H69N7O19S/c1-35-19-25-41(26-20-35)92(85,86)72-62(66)67-27-11-17-44(69-61(81)46(28-37-12-6-4-7-13-37)71-64(83)88-33-38-14-8-5-9-15-38)60(80)68-40-23-21-39(22-24-40)34-89-63(82)70-45-29-50(90-36(2)55(45)75)91-48-31-65(84,49(74)32-73)30-43-52(48)59(79)54-53(57(43)77)56(76)42-16-10-18-47(87-3)51(42)58(54)78/h4-10,12-16,18-26,36,44-46,48,50,55,73,75,77,79,84H,11,17,27-34H2,1-3H3,(H,68,80)(H,69,81)(H,70,82)(H,71,83)(H3,66,67,72)/t36?,44-,45?,46-,48-,50?,55?,65-/m0/s1. The van der Waals surface area contributed by atoms with E-state index in [2.05, 4.69) is 31.0 Å². The van der Waals surface area contributed by atoms with Crippen LogP contribution in [0.2, 0.25) is 0 Å². The second-order valence-electron chi connectivity index (χ2n) is 22.3. The number of benzene rings is 6. The van der Waals surface area contributed by atoms with E-state index in [9.17, 15) is 67.5 Å². The van der Waals surface area contributed by atoms with E-state index in [1.807, 2.05) is 6.07 Å². The summed E-state index contributed by atoms with van der Waals surface area (Å²) in [6, 6.07) is 30.5. The minimum absolute atomic E-state index is 0.0115. The number of hydrogen-bond donors (Lipinski definition) is 11. The molecule has 8 atom stereocenters. The number of Topliss-reactive ketones (excluding diaryl/α,β-unsaturated/α-hetero) is 1. The Morgan fingerprint density at radius 2 is 1.41 bits per heavy atom. The van der Waals surface area contributed by atoms with Crippen molar-refractivity contribution in [1.29, 1.82) is 0 Å². The first-order valence-corrected chi connectivity index (χ1v) is 30.7. The number of alkyl carbamates (subject to hydrolysis) is 2. The summed E-state index contributed by atoms with van der Waals surface area (Å²) in [5.74, 6) is -6.24. The van der Waals surface area contributed by atoms with Crippen molar-refractivity contribution in [2.45, 2.75) is 119 Å². The third kappa shape index (κ3) is 15.5. The molecule has 27 heteroatoms. The number of hydrogen-bond acceptors (Lipinski definition) is 20. The van der Waals surface area contributed by atoms with Crippen molar-refractivity contribution in [2.24, 2.45) is 10.7 Å². The van der Waals surface area contributed by atoms with Gasteiger partial charge < -0.3 is 76.2 Å². The van der Waals surface area contributed by atoms with E-state index >= 15 is 0 Å². The van der Waals surface area contributed by atoms with Gasteiger partial charge in [0.1, 0.15) is 60.9 Å². The van der Waals surface area contributed by atoms with Gasteiger partial charge in [0, 0.05) is 54.6 Å². The molecule has 1 fully saturated rings. The van der Waals surface area contributed by atoms with Gasteiger partial charge in [-0.3, -0.25) is 29.0 Å². The highest BCUT2D eigenvalue weighted by Gasteiger charge is 2.50. The number of phenols is 2. The number of aliphatic hydroxyl groups excluding tert-OH is 2. The number of methoxy groups -OCH3 is 1. The van der Waals surface area contributed by atoms with Gasteiger partial charge in [0.2, 0.25) is 23.6 Å². The number of phenolic OH excluding ortho intramolecular Hbond substituents is 2. The highest BCUT2D eigenvalue weighted by molar-refractivity contribution is 7.90. The van der Waals surface area contributed by atoms with E-state index in [4.69, 9.17) is 29.4 Å². The van der Waals surface area contributed by atoms with Gasteiger partial charge in [-0.15, -0.1) is 0 Å². The zero-order valence-corrected chi connectivity index (χ0v) is 50.9. The topological polar surface area (TPSA) is 399 Å². The van der Waals surface area contributed by atoms with Crippen molar-refractivity contribution in [1.82, 2.24) is 20.7 Å². The molecule has 92 heavy (non-hydrogen) atoms. The number of nitrogens with zero attached hydrogens (tertiary/aromatic N) is 1. The first-order valence-electron chi connectivity index (χ1n) is 29.2. The van der Waals surface area contributed by atoms with Gasteiger partial charge in [0.25, 0.3) is 10.0 Å². The molecule has 6 aromatic carbocycles. The number of rotatable bonds is 23. The number of carbonyl (C=O) groups is 7. The van der Waals surface area contributed by atoms with Gasteiger partial charge in [-0.2, -0.15) is 0 Å². The van der Waals surface area contributed by atoms with Gasteiger partial charge in [-0.05, 0) is 73.7 Å². The summed E-state index contributed by atoms with van der Waals surface area (Å²) in [7, 11) is -2.79. The monoisotopic (exact) mass is 1280 g/mol. The van der Waals surface area contributed by atoms with Crippen LogP contribution >= 0.6 is 0 Å². The van der Waals surface area contributed by atoms with Crippen molar-refractivity contribution in [3.05, 3.63) is 183 Å². The molecule has 9 rings (SSSR count). The summed E-state index contributed by atoms with van der Waals surface area (Å²) in [6.45, 7) is 1.63. The number of anilines is 1. The van der Waals surface area contributed by atoms with Gasteiger partial charge in [-0.1, -0.05) is 103 Å². The van der Waals surface area contributed by atoms with E-state index in [1.54, 1.807) is 73.7 Å². The fraction of sp³-hybridized carbons (Fsp3) is 0.323. The number of aromatic hydroxyl groups is 2. The molecule has 26 nitrogen and oxygen atoms in total. The van der Waals surface area contributed by atoms with Gasteiger partial charge in [0.05, 0.1) is 46.9 Å². The number of guanidine groups is 1. The highest BCUT2D eigenvalue weighted by Crippen LogP contribution is 2.52. The van der Waals surface area contributed by atoms with E-state index in [0.717, 1.165) is 5.56 Å². The lowest BCUT2D eigenvalue weighted by molar-refractivity contribution is -0.249. The molecular formula is C65H69N7O19S. The average Bonchev–Trinajstić information content (AvgIpc) is 0.713. The molecule has 12 N–H and O–H groups in total. The summed E-state index contributed by atoms with van der Waals surface area (Å²) in [5, 5.41) is 67.3. The predicted octanol–water partition coefficient (Wildman–Crippen LogP) is 4.31. The van der Waals surface area contributed by atoms with Crippen LogP contribution in [0.1, 0.15) is 104 Å². The van der Waals surface area contributed by atoms with Crippen molar-refractivity contribution in [3.8, 4) is 17.2 Å². The first-order chi connectivity index (χ1) is 44.0. The van der Waals surface area contributed by atoms with Crippen LogP contribution in [0.5, 0.6) is 17.2 Å². The van der Waals surface area contributed by atoms with Crippen molar-refractivity contribution >= 4 is 63.0 Å². The zero-order chi connectivity index (χ0) is 66.0. The Morgan fingerprint density at radius 1 is 0.772 bits per heavy atom. The second kappa shape index (κ2) is 29.0. The maximum Gasteiger partial charge on any atom is 0.408 e. The van der Waals surface area contributed by atoms with E-state index in [-0.39, 0.29) is 84.0 Å². The number of aryl methyl sites for hydroxylation is 1. The average molecular weight is 1280 g/mol. The quantitative estimate of drug-likeness (QED) is 0.0184. The molecule has 3 aliphatic rings. The summed E-state index contributed by atoms with van der Waals surface area (Å²) < 4.78 is 56.7. The van der Waals surface area contributed by atoms with Crippen molar-refractivity contribution in [3.63, 3.8) is 0 Å². The van der Waals surface area contributed by atoms with Crippen LogP contribution in [0.4, 0.5) is 15.3 Å². The number of nitrogens with two attached hydrogens (primary N) is 1. The normalized spacial score (nSPS) is 20.0. The molecule has 6 aromatic rings. The maximum absolute atomic E-state index is 14.2. The number of aliphatic hydroxyl groups is 3. The fourth-order valence-electron chi connectivity index (χ4n) is 11.1. The molecule has 1 saturated heterocycles. The Morgan fingerprint density at radius 3 is 2.08 bits per heavy atom. The van der Waals surface area contributed by atoms with Crippen LogP contribution in [-0.2, 0) is 69.4 Å². The number of fused-ring (bicyclic) bond motifs is 3. The largest absolute Gasteiger partial charge is 0.507 e. The Hall–Kier alpha value is -9.77. The number of carbonyl (C=O) groups excluding carboxylic acids is 7. The van der Waals surface area contributed by atoms with Crippen LogP contribution in [0.25, 0.3) is 0 Å². The summed E-state index contributed by atoms with van der Waals surface area (Å²) in [5.41, 5.74) is 4.40. The molecule has 4 unspecified atom stereocenters. The number of aliphatic imine (C=N–C) groups is 1.